The molecule has 1 unspecified atom stereocenters. The Balaban J connectivity index is 2.23. The molecule has 2 rings (SSSR count). The van der Waals surface area contributed by atoms with E-state index in [4.69, 9.17) is 0 Å². The standard InChI is InChI=1S/C12H10BrF3N2O2/c13-6-1-2-8(9(3-6)12(14,15)16)11(20)18-7-4-10(19)17-5-7/h1-3,7H,4-5H2,(H,17,19)(H,18,20). The van der Waals surface area contributed by atoms with E-state index in [0.717, 1.165) is 12.1 Å². The quantitative estimate of drug-likeness (QED) is 0.857. The highest BCUT2D eigenvalue weighted by atomic mass is 79.9. The van der Waals surface area contributed by atoms with Crippen LogP contribution in [-0.2, 0) is 11.0 Å². The van der Waals surface area contributed by atoms with Crippen molar-refractivity contribution in [2.45, 2.75) is 18.6 Å². The maximum atomic E-state index is 12.9. The van der Waals surface area contributed by atoms with Crippen LogP contribution in [0.1, 0.15) is 22.3 Å². The molecule has 2 amide bonds. The molecular weight excluding hydrogens is 341 g/mol. The van der Waals surface area contributed by atoms with E-state index in [1.54, 1.807) is 0 Å². The molecule has 0 saturated carbocycles. The molecule has 1 fully saturated rings. The van der Waals surface area contributed by atoms with Gasteiger partial charge in [-0.25, -0.2) is 0 Å². The van der Waals surface area contributed by atoms with Crippen LogP contribution in [0.3, 0.4) is 0 Å². The van der Waals surface area contributed by atoms with E-state index < -0.39 is 29.3 Å². The second-order valence-corrected chi connectivity index (χ2v) is 5.28. The van der Waals surface area contributed by atoms with E-state index in [0.29, 0.717) is 0 Å². The van der Waals surface area contributed by atoms with Gasteiger partial charge in [0.2, 0.25) is 5.91 Å². The van der Waals surface area contributed by atoms with Crippen LogP contribution in [0.25, 0.3) is 0 Å². The van der Waals surface area contributed by atoms with E-state index in [9.17, 15) is 22.8 Å². The van der Waals surface area contributed by atoms with Gasteiger partial charge in [0.05, 0.1) is 17.2 Å². The van der Waals surface area contributed by atoms with Crippen LogP contribution in [0.2, 0.25) is 0 Å². The van der Waals surface area contributed by atoms with E-state index in [2.05, 4.69) is 26.6 Å². The number of nitrogens with one attached hydrogen (secondary N) is 2. The molecule has 0 aromatic heterocycles. The van der Waals surface area contributed by atoms with Gasteiger partial charge in [-0.05, 0) is 18.2 Å². The Morgan fingerprint density at radius 1 is 1.40 bits per heavy atom. The van der Waals surface area contributed by atoms with Crippen molar-refractivity contribution in [3.63, 3.8) is 0 Å². The molecule has 20 heavy (non-hydrogen) atoms. The lowest BCUT2D eigenvalue weighted by atomic mass is 10.1. The number of halogens is 4. The molecule has 1 aliphatic rings. The van der Waals surface area contributed by atoms with E-state index in [1.165, 1.54) is 6.07 Å². The lowest BCUT2D eigenvalue weighted by Crippen LogP contribution is -2.37. The van der Waals surface area contributed by atoms with E-state index in [-0.39, 0.29) is 23.3 Å². The molecule has 4 nitrogen and oxygen atoms in total. The van der Waals surface area contributed by atoms with Gasteiger partial charge in [-0.1, -0.05) is 15.9 Å². The zero-order valence-corrected chi connectivity index (χ0v) is 11.6. The van der Waals surface area contributed by atoms with Crippen LogP contribution in [0.15, 0.2) is 22.7 Å². The van der Waals surface area contributed by atoms with Crippen LogP contribution in [0.5, 0.6) is 0 Å². The zero-order chi connectivity index (χ0) is 14.9. The van der Waals surface area contributed by atoms with Gasteiger partial charge in [0, 0.05) is 17.4 Å². The summed E-state index contributed by atoms with van der Waals surface area (Å²) in [6.07, 6.45) is -4.55. The van der Waals surface area contributed by atoms with E-state index in [1.807, 2.05) is 0 Å². The Kier molecular flexibility index (Phi) is 4.03. The maximum absolute atomic E-state index is 12.9. The first-order valence-electron chi connectivity index (χ1n) is 5.71. The number of amides is 2. The monoisotopic (exact) mass is 350 g/mol. The fraction of sp³-hybridized carbons (Fsp3) is 0.333. The van der Waals surface area contributed by atoms with Crippen molar-refractivity contribution >= 4 is 27.7 Å². The number of alkyl halides is 3. The smallest absolute Gasteiger partial charge is 0.354 e. The van der Waals surface area contributed by atoms with Crippen LogP contribution < -0.4 is 10.6 Å². The Morgan fingerprint density at radius 2 is 2.10 bits per heavy atom. The lowest BCUT2D eigenvalue weighted by molar-refractivity contribution is -0.138. The summed E-state index contributed by atoms with van der Waals surface area (Å²) in [6.45, 7) is 0.225. The van der Waals surface area contributed by atoms with Crippen molar-refractivity contribution in [1.82, 2.24) is 10.6 Å². The molecular formula is C12H10BrF3N2O2. The highest BCUT2D eigenvalue weighted by molar-refractivity contribution is 9.10. The van der Waals surface area contributed by atoms with Gasteiger partial charge < -0.3 is 10.6 Å². The van der Waals surface area contributed by atoms with Crippen LogP contribution in [0.4, 0.5) is 13.2 Å². The molecule has 2 N–H and O–H groups in total. The highest BCUT2D eigenvalue weighted by Crippen LogP contribution is 2.33. The summed E-state index contributed by atoms with van der Waals surface area (Å²) >= 11 is 2.95. The fourth-order valence-corrected chi connectivity index (χ4v) is 2.28. The van der Waals surface area contributed by atoms with Crippen LogP contribution >= 0.6 is 15.9 Å². The van der Waals surface area contributed by atoms with Crippen LogP contribution in [0, 0.1) is 0 Å². The van der Waals surface area contributed by atoms with Crippen molar-refractivity contribution in [1.29, 1.82) is 0 Å². The Hall–Kier alpha value is -1.57. The van der Waals surface area contributed by atoms with Gasteiger partial charge in [0.1, 0.15) is 0 Å². The summed E-state index contributed by atoms with van der Waals surface area (Å²) in [6, 6.07) is 2.83. The van der Waals surface area contributed by atoms with Crippen LogP contribution in [-0.4, -0.2) is 24.4 Å². The molecule has 1 heterocycles. The van der Waals surface area contributed by atoms with Crippen molar-refractivity contribution < 1.29 is 22.8 Å². The minimum Gasteiger partial charge on any atom is -0.354 e. The minimum absolute atomic E-state index is 0.0730. The number of carbonyl (C=O) groups is 2. The normalized spacial score (nSPS) is 18.8. The molecule has 0 spiro atoms. The summed E-state index contributed by atoms with van der Waals surface area (Å²) < 4.78 is 38.9. The predicted molar refractivity (Wildman–Crippen MR) is 68.0 cm³/mol. The van der Waals surface area contributed by atoms with Gasteiger partial charge in [0.25, 0.3) is 5.91 Å². The molecule has 108 valence electrons. The average molecular weight is 351 g/mol. The second kappa shape index (κ2) is 5.43. The molecule has 0 bridgehead atoms. The fourth-order valence-electron chi connectivity index (χ4n) is 1.92. The Labute approximate surface area is 120 Å². The molecule has 0 aliphatic carbocycles. The van der Waals surface area contributed by atoms with Crippen molar-refractivity contribution in [2.75, 3.05) is 6.54 Å². The predicted octanol–water partition coefficient (Wildman–Crippen LogP) is 2.09. The van der Waals surface area contributed by atoms with Gasteiger partial charge in [-0.3, -0.25) is 9.59 Å². The number of rotatable bonds is 2. The third-order valence-corrected chi connectivity index (χ3v) is 3.34. The molecule has 1 atom stereocenters. The average Bonchev–Trinajstić information content (AvgIpc) is 2.73. The topological polar surface area (TPSA) is 58.2 Å². The summed E-state index contributed by atoms with van der Waals surface area (Å²) in [5.74, 6) is -1.08. The second-order valence-electron chi connectivity index (χ2n) is 4.37. The van der Waals surface area contributed by atoms with Gasteiger partial charge in [-0.15, -0.1) is 0 Å². The van der Waals surface area contributed by atoms with Gasteiger partial charge in [-0.2, -0.15) is 13.2 Å². The number of benzene rings is 1. The molecule has 1 aromatic rings. The van der Waals surface area contributed by atoms with Crippen molar-refractivity contribution in [3.8, 4) is 0 Å². The van der Waals surface area contributed by atoms with Crippen molar-refractivity contribution in [2.24, 2.45) is 0 Å². The number of hydrogen-bond donors (Lipinski definition) is 2. The summed E-state index contributed by atoms with van der Waals surface area (Å²) in [5, 5.41) is 4.92. The molecule has 1 aliphatic heterocycles. The SMILES string of the molecule is O=C1CC(NC(=O)c2ccc(Br)cc2C(F)(F)F)CN1. The van der Waals surface area contributed by atoms with E-state index >= 15 is 0 Å². The maximum Gasteiger partial charge on any atom is 0.417 e. The van der Waals surface area contributed by atoms with Gasteiger partial charge >= 0.3 is 6.18 Å². The summed E-state index contributed by atoms with van der Waals surface area (Å²) in [4.78, 5) is 22.9. The first-order chi connectivity index (χ1) is 9.27. The van der Waals surface area contributed by atoms with Crippen molar-refractivity contribution in [3.05, 3.63) is 33.8 Å². The minimum atomic E-state index is -4.62. The Bertz CT molecular complexity index is 560. The first kappa shape index (κ1) is 14.8. The first-order valence-corrected chi connectivity index (χ1v) is 6.51. The number of carbonyl (C=O) groups excluding carboxylic acids is 2. The summed E-state index contributed by atoms with van der Waals surface area (Å²) in [5.41, 5.74) is -1.47. The third kappa shape index (κ3) is 3.30. The molecule has 0 radical (unpaired) electrons. The Morgan fingerprint density at radius 3 is 2.65 bits per heavy atom. The zero-order valence-electron chi connectivity index (χ0n) is 10.1. The molecule has 1 saturated heterocycles. The summed E-state index contributed by atoms with van der Waals surface area (Å²) in [7, 11) is 0. The largest absolute Gasteiger partial charge is 0.417 e. The number of hydrogen-bond acceptors (Lipinski definition) is 2. The molecule has 1 aromatic carbocycles. The lowest BCUT2D eigenvalue weighted by Gasteiger charge is -2.15. The molecule has 8 heteroatoms. The van der Waals surface area contributed by atoms with Gasteiger partial charge in [0.15, 0.2) is 0 Å². The third-order valence-electron chi connectivity index (χ3n) is 2.84. The highest BCUT2D eigenvalue weighted by Gasteiger charge is 2.36.